The van der Waals surface area contributed by atoms with Crippen LogP contribution in [0, 0.1) is 0 Å². The van der Waals surface area contributed by atoms with Gasteiger partial charge in [0.2, 0.25) is 0 Å². The quantitative estimate of drug-likeness (QED) is 0.417. The van der Waals surface area contributed by atoms with E-state index < -0.39 is 5.97 Å². The van der Waals surface area contributed by atoms with Crippen LogP contribution in [0.15, 0.2) is 0 Å². The van der Waals surface area contributed by atoms with Crippen molar-refractivity contribution in [1.82, 2.24) is 0 Å². The molecule has 5 nitrogen and oxygen atoms in total. The Morgan fingerprint density at radius 2 is 1.60 bits per heavy atom. The van der Waals surface area contributed by atoms with E-state index in [2.05, 4.69) is 0 Å². The third-order valence-corrected chi connectivity index (χ3v) is 0. The molecule has 0 spiro atoms. The van der Waals surface area contributed by atoms with Crippen LogP contribution in [0.3, 0.4) is 0 Å². The third-order valence-electron chi connectivity index (χ3n) is 0. The number of aliphatic hydroxyl groups is 1. The number of carbonyl (C=O) groups is 2. The Labute approximate surface area is 58.9 Å². The molecule has 0 aromatic heterocycles. The van der Waals surface area contributed by atoms with Crippen LogP contribution < -0.4 is 0 Å². The molecular weight excluding hydrogens is 140 g/mol. The first kappa shape index (κ1) is 16.0. The van der Waals surface area contributed by atoms with Gasteiger partial charge in [-0.1, -0.05) is 0 Å². The molecule has 0 heterocycles. The van der Waals surface area contributed by atoms with Crippen molar-refractivity contribution in [3.05, 3.63) is 0 Å². The number of carboxylic acids is 1. The van der Waals surface area contributed by atoms with Crippen molar-refractivity contribution >= 4 is 12.4 Å². The van der Waals surface area contributed by atoms with Gasteiger partial charge < -0.3 is 15.3 Å². The summed E-state index contributed by atoms with van der Waals surface area (Å²) in [5, 5.41) is 21.9. The Hall–Kier alpha value is -1.10. The lowest BCUT2D eigenvalue weighted by atomic mass is 10.9. The largest absolute Gasteiger partial charge is 0.483 e. The van der Waals surface area contributed by atoms with Crippen molar-refractivity contribution in [3.63, 3.8) is 0 Å². The molecule has 0 radical (unpaired) electrons. The zero-order chi connectivity index (χ0) is 8.99. The van der Waals surface area contributed by atoms with E-state index >= 15 is 0 Å². The number of hydrogen-bond donors (Lipinski definition) is 3. The molecule has 0 rings (SSSR count). The zero-order valence-corrected chi connectivity index (χ0v) is 5.94. The molecule has 0 aliphatic heterocycles. The number of hydrogen-bond acceptors (Lipinski definition) is 3. The van der Waals surface area contributed by atoms with Crippen LogP contribution in [-0.4, -0.2) is 34.4 Å². The predicted molar refractivity (Wildman–Crippen MR) is 34.8 cm³/mol. The Kier molecular flexibility index (Phi) is 39.5. The molecular formula is C5H12O5. The van der Waals surface area contributed by atoms with Gasteiger partial charge in [0.25, 0.3) is 12.4 Å². The van der Waals surface area contributed by atoms with E-state index in [0.717, 1.165) is 6.92 Å². The Balaban J connectivity index is -0.0000000750. The van der Waals surface area contributed by atoms with Gasteiger partial charge in [0, 0.05) is 13.5 Å². The predicted octanol–water partition coefficient (Wildman–Crippen LogP) is -0.210. The van der Waals surface area contributed by atoms with Gasteiger partial charge in [0.1, 0.15) is 0 Å². The van der Waals surface area contributed by atoms with E-state index in [1.54, 1.807) is 6.92 Å². The number of aliphatic hydroxyl groups excluding tert-OH is 1. The summed E-state index contributed by atoms with van der Waals surface area (Å²) in [6, 6.07) is 0. The van der Waals surface area contributed by atoms with E-state index in [1.807, 2.05) is 0 Å². The molecule has 0 fully saturated rings. The highest BCUT2D eigenvalue weighted by Gasteiger charge is 1.65. The lowest BCUT2D eigenvalue weighted by molar-refractivity contribution is -0.134. The summed E-state index contributed by atoms with van der Waals surface area (Å²) in [6.07, 6.45) is 0. The minimum absolute atomic E-state index is 0.250. The zero-order valence-electron chi connectivity index (χ0n) is 5.94. The highest BCUT2D eigenvalue weighted by molar-refractivity contribution is 5.62. The van der Waals surface area contributed by atoms with E-state index in [-0.39, 0.29) is 13.1 Å². The van der Waals surface area contributed by atoms with Crippen molar-refractivity contribution in [2.45, 2.75) is 13.8 Å². The first-order valence-electron chi connectivity index (χ1n) is 2.44. The van der Waals surface area contributed by atoms with Crippen LogP contribution in [0.25, 0.3) is 0 Å². The van der Waals surface area contributed by atoms with Crippen molar-refractivity contribution in [2.24, 2.45) is 0 Å². The average molecular weight is 152 g/mol. The summed E-state index contributed by atoms with van der Waals surface area (Å²) in [4.78, 5) is 17.4. The van der Waals surface area contributed by atoms with Gasteiger partial charge in [-0.2, -0.15) is 0 Å². The molecule has 0 aliphatic carbocycles. The first-order valence-corrected chi connectivity index (χ1v) is 2.44. The summed E-state index contributed by atoms with van der Waals surface area (Å²) in [6.45, 7) is 2.76. The van der Waals surface area contributed by atoms with Gasteiger partial charge in [0.05, 0.1) is 0 Å². The van der Waals surface area contributed by atoms with Crippen LogP contribution >= 0.6 is 0 Å². The maximum absolute atomic E-state index is 9.00. The lowest BCUT2D eigenvalue weighted by Gasteiger charge is -1.59. The molecule has 0 aromatic rings. The highest BCUT2D eigenvalue weighted by Crippen LogP contribution is 1.42. The van der Waals surface area contributed by atoms with Crippen molar-refractivity contribution in [3.8, 4) is 0 Å². The van der Waals surface area contributed by atoms with Crippen LogP contribution in [0.1, 0.15) is 13.8 Å². The van der Waals surface area contributed by atoms with Gasteiger partial charge >= 0.3 is 0 Å². The molecule has 10 heavy (non-hydrogen) atoms. The molecule has 62 valence electrons. The van der Waals surface area contributed by atoms with E-state index in [9.17, 15) is 0 Å². The van der Waals surface area contributed by atoms with Crippen molar-refractivity contribution < 1.29 is 24.9 Å². The SMILES string of the molecule is CC(=O)O.CCO.O=CO. The van der Waals surface area contributed by atoms with Crippen LogP contribution in [0.4, 0.5) is 0 Å². The fourth-order valence-corrected chi connectivity index (χ4v) is 0. The first-order chi connectivity index (χ1) is 4.56. The molecule has 0 aromatic carbocycles. The molecule has 3 N–H and O–H groups in total. The summed E-state index contributed by atoms with van der Waals surface area (Å²) in [7, 11) is 0. The van der Waals surface area contributed by atoms with Crippen LogP contribution in [-0.2, 0) is 9.59 Å². The normalized spacial score (nSPS) is 5.50. The molecule has 0 unspecified atom stereocenters. The summed E-state index contributed by atoms with van der Waals surface area (Å²) >= 11 is 0. The topological polar surface area (TPSA) is 94.8 Å². The van der Waals surface area contributed by atoms with Gasteiger partial charge in [-0.25, -0.2) is 0 Å². The maximum Gasteiger partial charge on any atom is 0.300 e. The molecule has 0 bridgehead atoms. The van der Waals surface area contributed by atoms with E-state index in [4.69, 9.17) is 24.9 Å². The van der Waals surface area contributed by atoms with Gasteiger partial charge in [0.15, 0.2) is 0 Å². The Bertz CT molecular complexity index is 66.4. The lowest BCUT2D eigenvalue weighted by Crippen LogP contribution is -1.78. The molecule has 0 saturated carbocycles. The molecule has 0 amide bonds. The Morgan fingerprint density at radius 1 is 1.60 bits per heavy atom. The second-order valence-electron chi connectivity index (χ2n) is 0.941. The minimum Gasteiger partial charge on any atom is -0.483 e. The standard InChI is InChI=1S/C2H4O2.C2H6O.CH2O2/c1-2(3)4;1-2-3;2-1-3/h1H3,(H,3,4);3H,2H2,1H3;1H,(H,2,3). The van der Waals surface area contributed by atoms with Crippen molar-refractivity contribution in [1.29, 1.82) is 0 Å². The van der Waals surface area contributed by atoms with E-state index in [0.29, 0.717) is 0 Å². The minimum atomic E-state index is -0.833. The molecule has 0 atom stereocenters. The smallest absolute Gasteiger partial charge is 0.300 e. The monoisotopic (exact) mass is 152 g/mol. The van der Waals surface area contributed by atoms with Crippen LogP contribution in [0.5, 0.6) is 0 Å². The number of rotatable bonds is 0. The number of aliphatic carboxylic acids is 1. The second-order valence-corrected chi connectivity index (χ2v) is 0.941. The molecule has 5 heteroatoms. The highest BCUT2D eigenvalue weighted by atomic mass is 16.4. The van der Waals surface area contributed by atoms with Crippen molar-refractivity contribution in [2.75, 3.05) is 6.61 Å². The second kappa shape index (κ2) is 24.7. The van der Waals surface area contributed by atoms with E-state index in [1.165, 1.54) is 0 Å². The summed E-state index contributed by atoms with van der Waals surface area (Å²) in [5.74, 6) is -0.833. The fraction of sp³-hybridized carbons (Fsp3) is 0.600. The molecule has 0 saturated heterocycles. The van der Waals surface area contributed by atoms with Gasteiger partial charge in [-0.05, 0) is 6.92 Å². The summed E-state index contributed by atoms with van der Waals surface area (Å²) < 4.78 is 0. The Morgan fingerprint density at radius 3 is 1.60 bits per heavy atom. The third kappa shape index (κ3) is 199. The average Bonchev–Trinajstić information content (AvgIpc) is 1.65. The molecule has 0 aliphatic rings. The van der Waals surface area contributed by atoms with Gasteiger partial charge in [-0.15, -0.1) is 0 Å². The maximum atomic E-state index is 9.00. The summed E-state index contributed by atoms with van der Waals surface area (Å²) in [5.41, 5.74) is 0. The van der Waals surface area contributed by atoms with Crippen LogP contribution in [0.2, 0.25) is 0 Å². The van der Waals surface area contributed by atoms with Gasteiger partial charge in [-0.3, -0.25) is 9.59 Å². The number of carboxylic acid groups (broad SMARTS) is 2. The fourth-order valence-electron chi connectivity index (χ4n) is 0.